The van der Waals surface area contributed by atoms with Crippen LogP contribution in [-0.4, -0.2) is 28.7 Å². The average Bonchev–Trinajstić information content (AvgIpc) is 2.24. The smallest absolute Gasteiger partial charge is 0.220 e. The van der Waals surface area contributed by atoms with Crippen molar-refractivity contribution in [1.29, 1.82) is 0 Å². The van der Waals surface area contributed by atoms with Crippen molar-refractivity contribution in [3.63, 3.8) is 0 Å². The van der Waals surface area contributed by atoms with Gasteiger partial charge in [-0.1, -0.05) is 19.3 Å². The second-order valence-corrected chi connectivity index (χ2v) is 6.05. The Morgan fingerprint density at radius 3 is 2.47 bits per heavy atom. The van der Waals surface area contributed by atoms with Crippen molar-refractivity contribution in [2.45, 2.75) is 69.9 Å². The van der Waals surface area contributed by atoms with Gasteiger partial charge in [0.25, 0.3) is 0 Å². The maximum atomic E-state index is 11.6. The Morgan fingerprint density at radius 1 is 1.35 bits per heavy atom. The molecule has 4 N–H and O–H groups in total. The van der Waals surface area contributed by atoms with Gasteiger partial charge >= 0.3 is 0 Å². The van der Waals surface area contributed by atoms with Crippen LogP contribution in [0.1, 0.15) is 58.8 Å². The van der Waals surface area contributed by atoms with Gasteiger partial charge < -0.3 is 16.2 Å². The summed E-state index contributed by atoms with van der Waals surface area (Å²) in [5.74, 6) is -0.0116. The van der Waals surface area contributed by atoms with Crippen LogP contribution in [0.3, 0.4) is 0 Å². The number of hydrogen-bond acceptors (Lipinski definition) is 3. The Hall–Kier alpha value is -0.610. The zero-order valence-corrected chi connectivity index (χ0v) is 11.1. The summed E-state index contributed by atoms with van der Waals surface area (Å²) in [7, 11) is 0. The van der Waals surface area contributed by atoms with E-state index in [-0.39, 0.29) is 11.4 Å². The molecule has 0 heterocycles. The summed E-state index contributed by atoms with van der Waals surface area (Å²) in [6.07, 6.45) is 6.00. The van der Waals surface area contributed by atoms with Crippen LogP contribution in [0.5, 0.6) is 0 Å². The van der Waals surface area contributed by atoms with Crippen molar-refractivity contribution in [2.75, 3.05) is 6.54 Å². The summed E-state index contributed by atoms with van der Waals surface area (Å²) >= 11 is 0. The van der Waals surface area contributed by atoms with Crippen LogP contribution in [0.25, 0.3) is 0 Å². The van der Waals surface area contributed by atoms with Crippen LogP contribution < -0.4 is 11.1 Å². The number of aliphatic hydroxyl groups is 1. The summed E-state index contributed by atoms with van der Waals surface area (Å²) < 4.78 is 0. The largest absolute Gasteiger partial charge is 0.388 e. The fraction of sp³-hybridized carbons (Fsp3) is 0.923. The molecule has 0 radical (unpaired) electrons. The molecular weight excluding hydrogens is 216 g/mol. The molecule has 0 saturated heterocycles. The molecule has 0 bridgehead atoms. The van der Waals surface area contributed by atoms with E-state index < -0.39 is 5.60 Å². The monoisotopic (exact) mass is 242 g/mol. The predicted molar refractivity (Wildman–Crippen MR) is 68.5 cm³/mol. The first kappa shape index (κ1) is 14.5. The lowest BCUT2D eigenvalue weighted by atomic mass is 9.85. The number of carbonyl (C=O) groups excluding carboxylic acids is 1. The van der Waals surface area contributed by atoms with E-state index in [4.69, 9.17) is 5.73 Å². The van der Waals surface area contributed by atoms with Gasteiger partial charge in [0.05, 0.1) is 5.60 Å². The molecule has 4 heteroatoms. The van der Waals surface area contributed by atoms with Gasteiger partial charge in [-0.15, -0.1) is 0 Å². The maximum Gasteiger partial charge on any atom is 0.220 e. The fourth-order valence-corrected chi connectivity index (χ4v) is 2.17. The van der Waals surface area contributed by atoms with Gasteiger partial charge in [0.1, 0.15) is 0 Å². The molecule has 1 saturated carbocycles. The summed E-state index contributed by atoms with van der Waals surface area (Å²) in [6, 6.07) is 0. The highest BCUT2D eigenvalue weighted by Crippen LogP contribution is 2.27. The van der Waals surface area contributed by atoms with E-state index in [9.17, 15) is 9.90 Å². The van der Waals surface area contributed by atoms with Crippen LogP contribution in [0.15, 0.2) is 0 Å². The molecule has 1 fully saturated rings. The summed E-state index contributed by atoms with van der Waals surface area (Å²) in [4.78, 5) is 11.6. The standard InChI is InChI=1S/C13H26N2O2/c1-12(2,14)9-6-11(16)15-10-13(17)7-4-3-5-8-13/h17H,3-10,14H2,1-2H3,(H,15,16). The molecule has 0 aliphatic heterocycles. The van der Waals surface area contributed by atoms with Crippen molar-refractivity contribution in [2.24, 2.45) is 5.73 Å². The first-order chi connectivity index (χ1) is 7.81. The van der Waals surface area contributed by atoms with Crippen molar-refractivity contribution in [1.82, 2.24) is 5.32 Å². The Morgan fingerprint density at radius 2 is 1.94 bits per heavy atom. The second-order valence-electron chi connectivity index (χ2n) is 6.05. The molecule has 0 atom stereocenters. The molecule has 0 unspecified atom stereocenters. The van der Waals surface area contributed by atoms with Crippen LogP contribution in [0.4, 0.5) is 0 Å². The minimum atomic E-state index is -0.674. The number of rotatable bonds is 5. The lowest BCUT2D eigenvalue weighted by Crippen LogP contribution is -2.44. The highest BCUT2D eigenvalue weighted by molar-refractivity contribution is 5.76. The van der Waals surface area contributed by atoms with E-state index in [0.29, 0.717) is 19.4 Å². The van der Waals surface area contributed by atoms with Gasteiger partial charge in [-0.3, -0.25) is 4.79 Å². The molecule has 0 aromatic rings. The molecule has 1 aliphatic carbocycles. The zero-order valence-electron chi connectivity index (χ0n) is 11.1. The number of amides is 1. The zero-order chi connectivity index (χ0) is 12.9. The quantitative estimate of drug-likeness (QED) is 0.680. The summed E-state index contributed by atoms with van der Waals surface area (Å²) in [5, 5.41) is 13.0. The summed E-state index contributed by atoms with van der Waals surface area (Å²) in [5.41, 5.74) is 4.84. The van der Waals surface area contributed by atoms with E-state index in [1.165, 1.54) is 6.42 Å². The number of nitrogens with one attached hydrogen (secondary N) is 1. The Kier molecular flexibility index (Phi) is 4.95. The minimum absolute atomic E-state index is 0.0116. The molecule has 17 heavy (non-hydrogen) atoms. The van der Waals surface area contributed by atoms with E-state index in [1.807, 2.05) is 13.8 Å². The highest BCUT2D eigenvalue weighted by atomic mass is 16.3. The third kappa shape index (κ3) is 6.03. The normalized spacial score (nSPS) is 20.0. The molecule has 1 amide bonds. The third-order valence-corrected chi connectivity index (χ3v) is 3.40. The van der Waals surface area contributed by atoms with Gasteiger partial charge in [-0.25, -0.2) is 0 Å². The Balaban J connectivity index is 2.23. The Labute approximate surface area is 104 Å². The number of hydrogen-bond donors (Lipinski definition) is 3. The molecular formula is C13H26N2O2. The van der Waals surface area contributed by atoms with Crippen LogP contribution in [0.2, 0.25) is 0 Å². The predicted octanol–water partition coefficient (Wildman–Crippen LogP) is 1.32. The fourth-order valence-electron chi connectivity index (χ4n) is 2.17. The van der Waals surface area contributed by atoms with Crippen molar-refractivity contribution >= 4 is 5.91 Å². The second kappa shape index (κ2) is 5.83. The molecule has 0 aromatic carbocycles. The maximum absolute atomic E-state index is 11.6. The average molecular weight is 242 g/mol. The lowest BCUT2D eigenvalue weighted by molar-refractivity contribution is -0.123. The van der Waals surface area contributed by atoms with Crippen LogP contribution in [-0.2, 0) is 4.79 Å². The van der Waals surface area contributed by atoms with E-state index in [2.05, 4.69) is 5.32 Å². The Bertz CT molecular complexity index is 253. The van der Waals surface area contributed by atoms with Crippen molar-refractivity contribution in [3.8, 4) is 0 Å². The van der Waals surface area contributed by atoms with Crippen molar-refractivity contribution in [3.05, 3.63) is 0 Å². The van der Waals surface area contributed by atoms with Crippen LogP contribution >= 0.6 is 0 Å². The lowest BCUT2D eigenvalue weighted by Gasteiger charge is -2.32. The third-order valence-electron chi connectivity index (χ3n) is 3.40. The first-order valence-electron chi connectivity index (χ1n) is 6.59. The number of carbonyl (C=O) groups is 1. The van der Waals surface area contributed by atoms with Gasteiger partial charge in [-0.05, 0) is 33.1 Å². The SMILES string of the molecule is CC(C)(N)CCC(=O)NCC1(O)CCCCC1. The minimum Gasteiger partial charge on any atom is -0.388 e. The van der Waals surface area contributed by atoms with E-state index in [0.717, 1.165) is 25.7 Å². The van der Waals surface area contributed by atoms with Gasteiger partial charge in [0.2, 0.25) is 5.91 Å². The highest BCUT2D eigenvalue weighted by Gasteiger charge is 2.29. The van der Waals surface area contributed by atoms with Gasteiger partial charge in [0, 0.05) is 18.5 Å². The molecule has 1 aliphatic rings. The van der Waals surface area contributed by atoms with E-state index in [1.54, 1.807) is 0 Å². The van der Waals surface area contributed by atoms with Gasteiger partial charge in [-0.2, -0.15) is 0 Å². The van der Waals surface area contributed by atoms with Gasteiger partial charge in [0.15, 0.2) is 0 Å². The molecule has 100 valence electrons. The number of nitrogens with two attached hydrogens (primary N) is 1. The molecule has 1 rings (SSSR count). The molecule has 0 spiro atoms. The first-order valence-corrected chi connectivity index (χ1v) is 6.59. The van der Waals surface area contributed by atoms with E-state index >= 15 is 0 Å². The molecule has 0 aromatic heterocycles. The summed E-state index contributed by atoms with van der Waals surface area (Å²) in [6.45, 7) is 4.21. The molecule has 4 nitrogen and oxygen atoms in total. The van der Waals surface area contributed by atoms with Crippen molar-refractivity contribution < 1.29 is 9.90 Å². The van der Waals surface area contributed by atoms with Crippen LogP contribution in [0, 0.1) is 0 Å². The topological polar surface area (TPSA) is 75.4 Å².